The maximum atomic E-state index is 5.31. The Hall–Kier alpha value is -0.300. The Morgan fingerprint density at radius 3 is 2.00 bits per heavy atom. The minimum Gasteiger partial charge on any atom is -0.381 e. The Morgan fingerprint density at radius 1 is 0.889 bits per heavy atom. The molecule has 0 aromatic heterocycles. The SMILES string of the molecule is C1=CCCCOCCC1. The molecule has 1 rings (SSSR count). The molecule has 0 radical (unpaired) electrons. The molecular formula is C8H14O. The molecule has 0 amide bonds. The van der Waals surface area contributed by atoms with Crippen molar-refractivity contribution in [1.82, 2.24) is 0 Å². The predicted octanol–water partition coefficient (Wildman–Crippen LogP) is 2.13. The topological polar surface area (TPSA) is 9.23 Å². The second-order valence-corrected chi connectivity index (χ2v) is 2.37. The van der Waals surface area contributed by atoms with E-state index in [0.29, 0.717) is 0 Å². The van der Waals surface area contributed by atoms with E-state index in [2.05, 4.69) is 12.2 Å². The molecule has 0 aromatic carbocycles. The fourth-order valence-corrected chi connectivity index (χ4v) is 0.944. The van der Waals surface area contributed by atoms with Crippen molar-refractivity contribution in [2.24, 2.45) is 0 Å². The van der Waals surface area contributed by atoms with Gasteiger partial charge in [-0.3, -0.25) is 0 Å². The van der Waals surface area contributed by atoms with Crippen molar-refractivity contribution in [2.75, 3.05) is 13.2 Å². The highest BCUT2D eigenvalue weighted by Gasteiger charge is 1.90. The van der Waals surface area contributed by atoms with Crippen molar-refractivity contribution in [3.8, 4) is 0 Å². The Balaban J connectivity index is 2.15. The van der Waals surface area contributed by atoms with Crippen molar-refractivity contribution in [1.29, 1.82) is 0 Å². The zero-order valence-corrected chi connectivity index (χ0v) is 5.81. The molecule has 0 saturated heterocycles. The van der Waals surface area contributed by atoms with Gasteiger partial charge in [-0.05, 0) is 25.7 Å². The molecule has 0 aromatic rings. The maximum Gasteiger partial charge on any atom is 0.0468 e. The number of rotatable bonds is 0. The van der Waals surface area contributed by atoms with Crippen LogP contribution in [0.4, 0.5) is 0 Å². The lowest BCUT2D eigenvalue weighted by atomic mass is 10.2. The van der Waals surface area contributed by atoms with Crippen molar-refractivity contribution in [3.05, 3.63) is 12.2 Å². The summed E-state index contributed by atoms with van der Waals surface area (Å²) in [6.07, 6.45) is 9.29. The molecule has 0 atom stereocenters. The third-order valence-corrected chi connectivity index (χ3v) is 1.49. The fourth-order valence-electron chi connectivity index (χ4n) is 0.944. The molecule has 9 heavy (non-hydrogen) atoms. The van der Waals surface area contributed by atoms with E-state index in [4.69, 9.17) is 4.74 Å². The minimum atomic E-state index is 0.949. The van der Waals surface area contributed by atoms with Gasteiger partial charge in [0.1, 0.15) is 0 Å². The molecule has 52 valence electrons. The van der Waals surface area contributed by atoms with E-state index >= 15 is 0 Å². The van der Waals surface area contributed by atoms with E-state index in [1.165, 1.54) is 25.7 Å². The fraction of sp³-hybridized carbons (Fsp3) is 0.750. The highest BCUT2D eigenvalue weighted by atomic mass is 16.5. The van der Waals surface area contributed by atoms with Crippen molar-refractivity contribution in [3.63, 3.8) is 0 Å². The molecule has 0 bridgehead atoms. The van der Waals surface area contributed by atoms with Crippen molar-refractivity contribution >= 4 is 0 Å². The van der Waals surface area contributed by atoms with Gasteiger partial charge in [0.15, 0.2) is 0 Å². The van der Waals surface area contributed by atoms with Gasteiger partial charge in [-0.25, -0.2) is 0 Å². The normalized spacial score (nSPS) is 22.2. The Kier molecular flexibility index (Phi) is 3.46. The van der Waals surface area contributed by atoms with Gasteiger partial charge in [-0.15, -0.1) is 0 Å². The Morgan fingerprint density at radius 2 is 1.44 bits per heavy atom. The van der Waals surface area contributed by atoms with E-state index in [1.807, 2.05) is 0 Å². The quantitative estimate of drug-likeness (QED) is 0.452. The summed E-state index contributed by atoms with van der Waals surface area (Å²) < 4.78 is 5.31. The van der Waals surface area contributed by atoms with Crippen LogP contribution in [0.5, 0.6) is 0 Å². The van der Waals surface area contributed by atoms with E-state index in [9.17, 15) is 0 Å². The summed E-state index contributed by atoms with van der Waals surface area (Å²) in [5, 5.41) is 0. The molecule has 1 heterocycles. The van der Waals surface area contributed by atoms with Gasteiger partial charge in [-0.1, -0.05) is 12.2 Å². The molecule has 0 unspecified atom stereocenters. The largest absolute Gasteiger partial charge is 0.381 e. The molecular weight excluding hydrogens is 112 g/mol. The summed E-state index contributed by atoms with van der Waals surface area (Å²) in [5.41, 5.74) is 0. The average Bonchev–Trinajstić information content (AvgIpc) is 2.00. The smallest absolute Gasteiger partial charge is 0.0468 e. The van der Waals surface area contributed by atoms with E-state index in [0.717, 1.165) is 13.2 Å². The first-order valence-corrected chi connectivity index (χ1v) is 3.73. The highest BCUT2D eigenvalue weighted by Crippen LogP contribution is 2.00. The lowest BCUT2D eigenvalue weighted by Gasteiger charge is -1.97. The average molecular weight is 126 g/mol. The molecule has 0 fully saturated rings. The number of ether oxygens (including phenoxy) is 1. The molecule has 0 aliphatic carbocycles. The molecule has 1 heteroatoms. The van der Waals surface area contributed by atoms with Crippen LogP contribution in [-0.4, -0.2) is 13.2 Å². The van der Waals surface area contributed by atoms with E-state index in [1.54, 1.807) is 0 Å². The van der Waals surface area contributed by atoms with Crippen LogP contribution in [0.25, 0.3) is 0 Å². The molecule has 0 saturated carbocycles. The van der Waals surface area contributed by atoms with Crippen LogP contribution in [0.1, 0.15) is 25.7 Å². The molecule has 1 aliphatic heterocycles. The number of allylic oxidation sites excluding steroid dienone is 2. The van der Waals surface area contributed by atoms with Crippen LogP contribution in [0.2, 0.25) is 0 Å². The van der Waals surface area contributed by atoms with Gasteiger partial charge in [0.2, 0.25) is 0 Å². The van der Waals surface area contributed by atoms with Crippen LogP contribution >= 0.6 is 0 Å². The number of hydrogen-bond acceptors (Lipinski definition) is 1. The van der Waals surface area contributed by atoms with Gasteiger partial charge in [0, 0.05) is 13.2 Å². The van der Waals surface area contributed by atoms with Crippen molar-refractivity contribution < 1.29 is 4.74 Å². The molecule has 0 spiro atoms. The summed E-state index contributed by atoms with van der Waals surface area (Å²) in [6, 6.07) is 0. The van der Waals surface area contributed by atoms with Gasteiger partial charge in [-0.2, -0.15) is 0 Å². The third-order valence-electron chi connectivity index (χ3n) is 1.49. The van der Waals surface area contributed by atoms with Gasteiger partial charge in [0.25, 0.3) is 0 Å². The van der Waals surface area contributed by atoms with Crippen LogP contribution in [0.15, 0.2) is 12.2 Å². The molecule has 0 N–H and O–H groups in total. The first-order chi connectivity index (χ1) is 4.50. The highest BCUT2D eigenvalue weighted by molar-refractivity contribution is 4.81. The second kappa shape index (κ2) is 4.57. The van der Waals surface area contributed by atoms with Crippen LogP contribution in [0, 0.1) is 0 Å². The lowest BCUT2D eigenvalue weighted by Crippen LogP contribution is -1.94. The zero-order valence-electron chi connectivity index (χ0n) is 5.81. The zero-order chi connectivity index (χ0) is 6.36. The van der Waals surface area contributed by atoms with Gasteiger partial charge >= 0.3 is 0 Å². The summed E-state index contributed by atoms with van der Waals surface area (Å²) in [6.45, 7) is 1.90. The summed E-state index contributed by atoms with van der Waals surface area (Å²) in [7, 11) is 0. The van der Waals surface area contributed by atoms with Gasteiger partial charge < -0.3 is 4.74 Å². The minimum absolute atomic E-state index is 0.949. The lowest BCUT2D eigenvalue weighted by molar-refractivity contribution is 0.132. The predicted molar refractivity (Wildman–Crippen MR) is 38.4 cm³/mol. The first kappa shape index (κ1) is 6.81. The van der Waals surface area contributed by atoms with Crippen molar-refractivity contribution in [2.45, 2.75) is 25.7 Å². The van der Waals surface area contributed by atoms with Crippen LogP contribution in [-0.2, 0) is 4.74 Å². The first-order valence-electron chi connectivity index (χ1n) is 3.73. The van der Waals surface area contributed by atoms with Crippen LogP contribution in [0.3, 0.4) is 0 Å². The summed E-state index contributed by atoms with van der Waals surface area (Å²) >= 11 is 0. The van der Waals surface area contributed by atoms with E-state index < -0.39 is 0 Å². The number of hydrogen-bond donors (Lipinski definition) is 0. The summed E-state index contributed by atoms with van der Waals surface area (Å²) in [5.74, 6) is 0. The summed E-state index contributed by atoms with van der Waals surface area (Å²) in [4.78, 5) is 0. The molecule has 1 aliphatic rings. The monoisotopic (exact) mass is 126 g/mol. The van der Waals surface area contributed by atoms with E-state index in [-0.39, 0.29) is 0 Å². The Labute approximate surface area is 56.7 Å². The Bertz CT molecular complexity index is 76.6. The third kappa shape index (κ3) is 3.31. The maximum absolute atomic E-state index is 5.31. The standard InChI is InChI=1S/C8H14O/c1-2-4-6-8-9-7-5-3-1/h1-2H,3-8H2. The van der Waals surface area contributed by atoms with Gasteiger partial charge in [0.05, 0.1) is 0 Å². The van der Waals surface area contributed by atoms with Crippen LogP contribution < -0.4 is 0 Å². The molecule has 1 nitrogen and oxygen atoms in total. The second-order valence-electron chi connectivity index (χ2n) is 2.37.